The number of esters is 1. The van der Waals surface area contributed by atoms with Gasteiger partial charge in [-0.2, -0.15) is 0 Å². The Balaban J connectivity index is 2.27. The van der Waals surface area contributed by atoms with Crippen molar-refractivity contribution in [2.45, 2.75) is 26.7 Å². The van der Waals surface area contributed by atoms with Gasteiger partial charge < -0.3 is 4.74 Å². The minimum Gasteiger partial charge on any atom is -0.464 e. The van der Waals surface area contributed by atoms with Crippen LogP contribution in [0.1, 0.15) is 26.7 Å². The normalized spacial score (nSPS) is 27.0. The first kappa shape index (κ1) is 7.58. The van der Waals surface area contributed by atoms with Crippen LogP contribution in [-0.2, 0) is 9.53 Å². The van der Waals surface area contributed by atoms with E-state index in [4.69, 9.17) is 0 Å². The van der Waals surface area contributed by atoms with Gasteiger partial charge in [-0.1, -0.05) is 26.7 Å². The zero-order chi connectivity index (χ0) is 7.56. The predicted molar refractivity (Wildman–Crippen MR) is 38.5 cm³/mol. The van der Waals surface area contributed by atoms with E-state index in [1.165, 1.54) is 0 Å². The highest BCUT2D eigenvalue weighted by atomic mass is 16.6. The maximum absolute atomic E-state index is 10.7. The second-order valence-electron chi connectivity index (χ2n) is 3.00. The van der Waals surface area contributed by atoms with Gasteiger partial charge in [0.25, 0.3) is 0 Å². The summed E-state index contributed by atoms with van der Waals surface area (Å²) in [6.45, 7) is 4.91. The lowest BCUT2D eigenvalue weighted by atomic mass is 9.88. The van der Waals surface area contributed by atoms with E-state index >= 15 is 0 Å². The van der Waals surface area contributed by atoms with Gasteiger partial charge in [-0.15, -0.1) is 0 Å². The average molecular weight is 142 g/mol. The highest BCUT2D eigenvalue weighted by molar-refractivity contribution is 5.77. The summed E-state index contributed by atoms with van der Waals surface area (Å²) in [6, 6.07) is 0. The molecule has 0 saturated carbocycles. The molecule has 1 aliphatic rings. The zero-order valence-electron chi connectivity index (χ0n) is 6.59. The number of cyclic esters (lactones) is 1. The lowest BCUT2D eigenvalue weighted by Crippen LogP contribution is -2.39. The molecule has 2 unspecified atom stereocenters. The van der Waals surface area contributed by atoms with E-state index in [1.54, 1.807) is 0 Å². The van der Waals surface area contributed by atoms with Gasteiger partial charge in [0.15, 0.2) is 0 Å². The molecule has 2 atom stereocenters. The van der Waals surface area contributed by atoms with Gasteiger partial charge in [-0.3, -0.25) is 4.79 Å². The molecule has 0 radical (unpaired) electrons. The fraction of sp³-hybridized carbons (Fsp3) is 0.875. The van der Waals surface area contributed by atoms with Gasteiger partial charge in [0.2, 0.25) is 0 Å². The van der Waals surface area contributed by atoms with Crippen LogP contribution >= 0.6 is 0 Å². The van der Waals surface area contributed by atoms with Gasteiger partial charge >= 0.3 is 5.97 Å². The van der Waals surface area contributed by atoms with Crippen LogP contribution in [0.4, 0.5) is 0 Å². The van der Waals surface area contributed by atoms with Gasteiger partial charge in [-0.05, 0) is 5.92 Å². The molecular weight excluding hydrogens is 128 g/mol. The van der Waals surface area contributed by atoms with Crippen molar-refractivity contribution in [3.63, 3.8) is 0 Å². The number of hydrogen-bond donors (Lipinski definition) is 0. The van der Waals surface area contributed by atoms with Crippen LogP contribution in [-0.4, -0.2) is 12.6 Å². The first-order valence-corrected chi connectivity index (χ1v) is 3.92. The Morgan fingerprint density at radius 2 is 2.50 bits per heavy atom. The number of rotatable bonds is 3. The van der Waals surface area contributed by atoms with Crippen LogP contribution in [0, 0.1) is 11.8 Å². The van der Waals surface area contributed by atoms with Crippen molar-refractivity contribution in [1.29, 1.82) is 0 Å². The van der Waals surface area contributed by atoms with E-state index in [2.05, 4.69) is 18.6 Å². The molecule has 1 fully saturated rings. The van der Waals surface area contributed by atoms with E-state index in [1.807, 2.05) is 0 Å². The molecule has 58 valence electrons. The summed E-state index contributed by atoms with van der Waals surface area (Å²) in [7, 11) is 0. The Labute approximate surface area is 61.6 Å². The molecule has 1 saturated heterocycles. The third kappa shape index (κ3) is 1.31. The molecule has 0 aliphatic carbocycles. The summed E-state index contributed by atoms with van der Waals surface area (Å²) < 4.78 is 4.67. The molecule has 1 aliphatic heterocycles. The highest BCUT2D eigenvalue weighted by Crippen LogP contribution is 2.25. The molecule has 1 rings (SSSR count). The van der Waals surface area contributed by atoms with Gasteiger partial charge in [0.1, 0.15) is 6.61 Å². The summed E-state index contributed by atoms with van der Waals surface area (Å²) in [4.78, 5) is 10.7. The molecule has 0 aromatic rings. The lowest BCUT2D eigenvalue weighted by Gasteiger charge is -2.29. The first-order chi connectivity index (χ1) is 4.75. The first-order valence-electron chi connectivity index (χ1n) is 3.92. The molecular formula is C8H14O2. The molecule has 2 heteroatoms. The second kappa shape index (κ2) is 3.04. The molecule has 0 aromatic carbocycles. The molecule has 0 aromatic heterocycles. The Kier molecular flexibility index (Phi) is 2.30. The van der Waals surface area contributed by atoms with Crippen molar-refractivity contribution in [3.05, 3.63) is 0 Å². The van der Waals surface area contributed by atoms with E-state index < -0.39 is 0 Å². The van der Waals surface area contributed by atoms with E-state index in [0.717, 1.165) is 12.8 Å². The minimum atomic E-state index is 0.000880. The molecule has 0 N–H and O–H groups in total. The molecule has 0 spiro atoms. The zero-order valence-corrected chi connectivity index (χ0v) is 6.59. The fourth-order valence-corrected chi connectivity index (χ4v) is 1.30. The van der Waals surface area contributed by atoms with Crippen molar-refractivity contribution in [2.24, 2.45) is 11.8 Å². The quantitative estimate of drug-likeness (QED) is 0.559. The molecule has 0 amide bonds. The van der Waals surface area contributed by atoms with Crippen LogP contribution in [0.2, 0.25) is 0 Å². The van der Waals surface area contributed by atoms with E-state index in [-0.39, 0.29) is 11.9 Å². The SMILES string of the molecule is CCCC(C)C1COC1=O. The monoisotopic (exact) mass is 142 g/mol. The van der Waals surface area contributed by atoms with Crippen LogP contribution in [0.15, 0.2) is 0 Å². The van der Waals surface area contributed by atoms with E-state index in [0.29, 0.717) is 12.5 Å². The maximum Gasteiger partial charge on any atom is 0.312 e. The molecule has 2 nitrogen and oxygen atoms in total. The Hall–Kier alpha value is -0.530. The Morgan fingerprint density at radius 3 is 2.80 bits per heavy atom. The Bertz CT molecular complexity index is 131. The number of hydrogen-bond acceptors (Lipinski definition) is 2. The van der Waals surface area contributed by atoms with Crippen LogP contribution in [0.5, 0.6) is 0 Å². The van der Waals surface area contributed by atoms with Gasteiger partial charge in [0, 0.05) is 0 Å². The molecule has 0 bridgehead atoms. The second-order valence-corrected chi connectivity index (χ2v) is 3.00. The summed E-state index contributed by atoms with van der Waals surface area (Å²) in [6.07, 6.45) is 2.30. The van der Waals surface area contributed by atoms with Gasteiger partial charge in [-0.25, -0.2) is 0 Å². The topological polar surface area (TPSA) is 26.3 Å². The van der Waals surface area contributed by atoms with Crippen molar-refractivity contribution in [3.8, 4) is 0 Å². The fourth-order valence-electron chi connectivity index (χ4n) is 1.30. The largest absolute Gasteiger partial charge is 0.464 e. The minimum absolute atomic E-state index is 0.000880. The van der Waals surface area contributed by atoms with E-state index in [9.17, 15) is 4.79 Å². The Morgan fingerprint density at radius 1 is 1.80 bits per heavy atom. The van der Waals surface area contributed by atoms with Crippen molar-refractivity contribution in [2.75, 3.05) is 6.61 Å². The van der Waals surface area contributed by atoms with Crippen LogP contribution < -0.4 is 0 Å². The standard InChI is InChI=1S/C8H14O2/c1-3-4-6(2)7-5-10-8(7)9/h6-7H,3-5H2,1-2H3. The molecule has 1 heterocycles. The third-order valence-electron chi connectivity index (χ3n) is 2.14. The van der Waals surface area contributed by atoms with Crippen molar-refractivity contribution < 1.29 is 9.53 Å². The average Bonchev–Trinajstić information content (AvgIpc) is 1.85. The number of carbonyl (C=O) groups is 1. The highest BCUT2D eigenvalue weighted by Gasteiger charge is 2.34. The summed E-state index contributed by atoms with van der Waals surface area (Å²) in [5.74, 6) is 0.729. The van der Waals surface area contributed by atoms with Crippen LogP contribution in [0.3, 0.4) is 0 Å². The number of carbonyl (C=O) groups excluding carboxylic acids is 1. The predicted octanol–water partition coefficient (Wildman–Crippen LogP) is 1.60. The summed E-state index contributed by atoms with van der Waals surface area (Å²) >= 11 is 0. The van der Waals surface area contributed by atoms with Crippen molar-refractivity contribution >= 4 is 5.97 Å². The maximum atomic E-state index is 10.7. The van der Waals surface area contributed by atoms with Crippen LogP contribution in [0.25, 0.3) is 0 Å². The molecule has 10 heavy (non-hydrogen) atoms. The number of ether oxygens (including phenoxy) is 1. The lowest BCUT2D eigenvalue weighted by molar-refractivity contribution is -0.172. The van der Waals surface area contributed by atoms with Gasteiger partial charge in [0.05, 0.1) is 5.92 Å². The smallest absolute Gasteiger partial charge is 0.312 e. The van der Waals surface area contributed by atoms with Crippen molar-refractivity contribution in [1.82, 2.24) is 0 Å². The summed E-state index contributed by atoms with van der Waals surface area (Å²) in [5.41, 5.74) is 0. The summed E-state index contributed by atoms with van der Waals surface area (Å²) in [5, 5.41) is 0. The third-order valence-corrected chi connectivity index (χ3v) is 2.14.